The van der Waals surface area contributed by atoms with Crippen molar-refractivity contribution in [3.05, 3.63) is 21.2 Å². The van der Waals surface area contributed by atoms with Gasteiger partial charge in [-0.3, -0.25) is 0 Å². The van der Waals surface area contributed by atoms with Gasteiger partial charge in [-0.05, 0) is 46.3 Å². The minimum Gasteiger partial charge on any atom is -0.504 e. The highest BCUT2D eigenvalue weighted by molar-refractivity contribution is 9.10. The molecule has 0 aliphatic rings. The molecular formula is C16H23BrO4. The van der Waals surface area contributed by atoms with Gasteiger partial charge in [0.2, 0.25) is 0 Å². The number of hydrogen-bond donors (Lipinski definition) is 2. The molecular weight excluding hydrogens is 336 g/mol. The predicted octanol–water partition coefficient (Wildman–Crippen LogP) is 5.07. The summed E-state index contributed by atoms with van der Waals surface area (Å²) in [6.45, 7) is 6.21. The van der Waals surface area contributed by atoms with Crippen LogP contribution >= 0.6 is 15.9 Å². The van der Waals surface area contributed by atoms with Crippen molar-refractivity contribution in [2.75, 3.05) is 0 Å². The Morgan fingerprint density at radius 3 is 1.95 bits per heavy atom. The molecule has 21 heavy (non-hydrogen) atoms. The van der Waals surface area contributed by atoms with E-state index in [2.05, 4.69) is 29.8 Å². The lowest BCUT2D eigenvalue weighted by Crippen LogP contribution is -2.09. The maximum Gasteiger partial charge on any atom is 0.511 e. The summed E-state index contributed by atoms with van der Waals surface area (Å²) >= 11 is 3.42. The van der Waals surface area contributed by atoms with E-state index in [1.54, 1.807) is 0 Å². The second kappa shape index (κ2) is 8.27. The molecule has 0 radical (unpaired) electrons. The number of aromatic hydroxyl groups is 1. The fourth-order valence-corrected chi connectivity index (χ4v) is 3.30. The first-order valence-corrected chi connectivity index (χ1v) is 8.22. The van der Waals surface area contributed by atoms with E-state index in [0.717, 1.165) is 48.8 Å². The summed E-state index contributed by atoms with van der Waals surface area (Å²) in [4.78, 5) is 10.9. The fraction of sp³-hybridized carbons (Fsp3) is 0.562. The monoisotopic (exact) mass is 358 g/mol. The average molecular weight is 359 g/mol. The normalized spacial score (nSPS) is 10.7. The Hall–Kier alpha value is -1.23. The van der Waals surface area contributed by atoms with Gasteiger partial charge in [0.05, 0.1) is 4.47 Å². The third-order valence-electron chi connectivity index (χ3n) is 3.38. The van der Waals surface area contributed by atoms with Crippen molar-refractivity contribution < 1.29 is 19.7 Å². The minimum atomic E-state index is -1.42. The van der Waals surface area contributed by atoms with Crippen LogP contribution in [0.25, 0.3) is 0 Å². The molecule has 1 rings (SSSR count). The van der Waals surface area contributed by atoms with Crippen LogP contribution in [0.5, 0.6) is 11.5 Å². The summed E-state index contributed by atoms with van der Waals surface area (Å²) < 4.78 is 5.37. The maximum absolute atomic E-state index is 10.9. The SMILES string of the molecule is CCCc1c(O)c(OC(=O)O)c(Br)c(CCC)c1CCC. The van der Waals surface area contributed by atoms with Crippen LogP contribution in [0.1, 0.15) is 56.7 Å². The average Bonchev–Trinajstić information content (AvgIpc) is 2.43. The molecule has 0 heterocycles. The minimum absolute atomic E-state index is 0.0225. The van der Waals surface area contributed by atoms with E-state index >= 15 is 0 Å². The molecule has 0 saturated heterocycles. The standard InChI is InChI=1S/C16H23BrO4/c1-4-7-10-11(8-5-2)13(17)15(21-16(19)20)14(18)12(10)9-6-3/h18H,4-9H2,1-3H3,(H,19,20). The molecule has 0 aromatic heterocycles. The topological polar surface area (TPSA) is 66.8 Å². The van der Waals surface area contributed by atoms with Crippen molar-refractivity contribution in [3.8, 4) is 11.5 Å². The van der Waals surface area contributed by atoms with Crippen LogP contribution in [0.2, 0.25) is 0 Å². The molecule has 0 fully saturated rings. The number of phenols is 1. The van der Waals surface area contributed by atoms with Crippen molar-refractivity contribution in [3.63, 3.8) is 0 Å². The molecule has 0 saturated carbocycles. The van der Waals surface area contributed by atoms with Crippen molar-refractivity contribution in [2.24, 2.45) is 0 Å². The van der Waals surface area contributed by atoms with E-state index in [9.17, 15) is 9.90 Å². The van der Waals surface area contributed by atoms with Gasteiger partial charge in [0.15, 0.2) is 11.5 Å². The predicted molar refractivity (Wildman–Crippen MR) is 86.4 cm³/mol. The molecule has 5 heteroatoms. The summed E-state index contributed by atoms with van der Waals surface area (Å²) in [6.07, 6.45) is 3.77. The highest BCUT2D eigenvalue weighted by Crippen LogP contribution is 2.44. The zero-order valence-corrected chi connectivity index (χ0v) is 14.4. The molecule has 1 aromatic rings. The molecule has 0 atom stereocenters. The lowest BCUT2D eigenvalue weighted by molar-refractivity contribution is 0.142. The molecule has 118 valence electrons. The zero-order valence-electron chi connectivity index (χ0n) is 12.8. The van der Waals surface area contributed by atoms with Crippen LogP contribution in [0.15, 0.2) is 4.47 Å². The van der Waals surface area contributed by atoms with Crippen molar-refractivity contribution in [1.29, 1.82) is 0 Å². The summed E-state index contributed by atoms with van der Waals surface area (Å²) in [5, 5.41) is 19.3. The Labute approximate surface area is 134 Å². The van der Waals surface area contributed by atoms with Gasteiger partial charge >= 0.3 is 6.16 Å². The van der Waals surface area contributed by atoms with E-state index in [1.165, 1.54) is 0 Å². The molecule has 0 amide bonds. The third kappa shape index (κ3) is 4.13. The van der Waals surface area contributed by atoms with E-state index < -0.39 is 6.16 Å². The van der Waals surface area contributed by atoms with Crippen LogP contribution in [-0.2, 0) is 19.3 Å². The first kappa shape index (κ1) is 17.8. The number of hydrogen-bond acceptors (Lipinski definition) is 3. The van der Waals surface area contributed by atoms with Crippen LogP contribution < -0.4 is 4.74 Å². The number of carbonyl (C=O) groups is 1. The van der Waals surface area contributed by atoms with Gasteiger partial charge in [-0.2, -0.15) is 0 Å². The Kier molecular flexibility index (Phi) is 7.02. The Balaban J connectivity index is 3.57. The summed E-state index contributed by atoms with van der Waals surface area (Å²) in [5.74, 6) is -0.0244. The summed E-state index contributed by atoms with van der Waals surface area (Å²) in [7, 11) is 0. The van der Waals surface area contributed by atoms with Gasteiger partial charge in [0.25, 0.3) is 0 Å². The molecule has 0 unspecified atom stereocenters. The lowest BCUT2D eigenvalue weighted by Gasteiger charge is -2.20. The molecule has 0 spiro atoms. The first-order chi connectivity index (χ1) is 9.97. The van der Waals surface area contributed by atoms with E-state index in [4.69, 9.17) is 9.84 Å². The number of rotatable bonds is 7. The summed E-state index contributed by atoms with van der Waals surface area (Å²) in [5.41, 5.74) is 3.00. The highest BCUT2D eigenvalue weighted by Gasteiger charge is 2.23. The van der Waals surface area contributed by atoms with Crippen LogP contribution in [0, 0.1) is 0 Å². The number of halogens is 1. The van der Waals surface area contributed by atoms with Crippen LogP contribution in [0.4, 0.5) is 4.79 Å². The van der Waals surface area contributed by atoms with Gasteiger partial charge in [-0.15, -0.1) is 0 Å². The van der Waals surface area contributed by atoms with Crippen molar-refractivity contribution in [1.82, 2.24) is 0 Å². The Bertz CT molecular complexity index is 478. The van der Waals surface area contributed by atoms with Gasteiger partial charge in [0, 0.05) is 5.56 Å². The van der Waals surface area contributed by atoms with Gasteiger partial charge in [-0.1, -0.05) is 40.0 Å². The highest BCUT2D eigenvalue weighted by atomic mass is 79.9. The number of phenolic OH excluding ortho intramolecular Hbond substituents is 1. The number of carboxylic acid groups (broad SMARTS) is 1. The Morgan fingerprint density at radius 1 is 1.00 bits per heavy atom. The van der Waals surface area contributed by atoms with E-state index in [1.807, 2.05) is 6.92 Å². The molecule has 4 nitrogen and oxygen atoms in total. The quantitative estimate of drug-likeness (QED) is 0.527. The maximum atomic E-state index is 10.9. The van der Waals surface area contributed by atoms with Crippen LogP contribution in [-0.4, -0.2) is 16.4 Å². The molecule has 0 bridgehead atoms. The second-order valence-electron chi connectivity index (χ2n) is 5.05. The molecule has 2 N–H and O–H groups in total. The number of ether oxygens (including phenoxy) is 1. The van der Waals surface area contributed by atoms with Gasteiger partial charge in [-0.25, -0.2) is 4.79 Å². The van der Waals surface area contributed by atoms with Crippen molar-refractivity contribution >= 4 is 22.1 Å². The van der Waals surface area contributed by atoms with E-state index in [0.29, 0.717) is 10.9 Å². The Morgan fingerprint density at radius 2 is 1.48 bits per heavy atom. The van der Waals surface area contributed by atoms with Gasteiger partial charge < -0.3 is 14.9 Å². The fourth-order valence-electron chi connectivity index (χ4n) is 2.60. The van der Waals surface area contributed by atoms with Crippen molar-refractivity contribution in [2.45, 2.75) is 59.3 Å². The molecule has 1 aromatic carbocycles. The first-order valence-electron chi connectivity index (χ1n) is 7.43. The summed E-state index contributed by atoms with van der Waals surface area (Å²) in [6, 6.07) is 0. The number of benzene rings is 1. The lowest BCUT2D eigenvalue weighted by atomic mass is 9.91. The molecule has 0 aliphatic carbocycles. The third-order valence-corrected chi connectivity index (χ3v) is 4.22. The van der Waals surface area contributed by atoms with Gasteiger partial charge in [0.1, 0.15) is 0 Å². The second-order valence-corrected chi connectivity index (χ2v) is 5.84. The smallest absolute Gasteiger partial charge is 0.504 e. The van der Waals surface area contributed by atoms with Crippen LogP contribution in [0.3, 0.4) is 0 Å². The zero-order chi connectivity index (χ0) is 16.0. The molecule has 0 aliphatic heterocycles. The largest absolute Gasteiger partial charge is 0.511 e. The van der Waals surface area contributed by atoms with E-state index in [-0.39, 0.29) is 11.5 Å².